The second-order valence-electron chi connectivity index (χ2n) is 2.22. The number of hydrogen-bond donors (Lipinski definition) is 0. The molecular formula is C10H9BrO. The summed E-state index contributed by atoms with van der Waals surface area (Å²) in [5.41, 5.74) is 0.846. The third-order valence-electron chi connectivity index (χ3n) is 1.41. The monoisotopic (exact) mass is 224 g/mol. The third-order valence-corrected chi connectivity index (χ3v) is 2.06. The summed E-state index contributed by atoms with van der Waals surface area (Å²) in [7, 11) is 0. The van der Waals surface area contributed by atoms with Crippen molar-refractivity contribution in [3.8, 4) is 18.1 Å². The number of ether oxygens (including phenoxy) is 1. The van der Waals surface area contributed by atoms with Crippen molar-refractivity contribution in [3.05, 3.63) is 28.2 Å². The first-order valence-corrected chi connectivity index (χ1v) is 4.46. The van der Waals surface area contributed by atoms with Gasteiger partial charge in [0.1, 0.15) is 5.75 Å². The van der Waals surface area contributed by atoms with Crippen LogP contribution in [-0.2, 0) is 0 Å². The van der Waals surface area contributed by atoms with Crippen molar-refractivity contribution in [3.63, 3.8) is 0 Å². The largest absolute Gasteiger partial charge is 0.494 e. The minimum Gasteiger partial charge on any atom is -0.494 e. The molecule has 0 heterocycles. The Hall–Kier alpha value is -0.940. The van der Waals surface area contributed by atoms with Crippen LogP contribution in [0.15, 0.2) is 22.7 Å². The second kappa shape index (κ2) is 4.18. The lowest BCUT2D eigenvalue weighted by Gasteiger charge is -2.03. The van der Waals surface area contributed by atoms with Gasteiger partial charge in [0.2, 0.25) is 0 Å². The summed E-state index contributed by atoms with van der Waals surface area (Å²) in [6.07, 6.45) is 5.25. The Morgan fingerprint density at radius 3 is 2.83 bits per heavy atom. The minimum absolute atomic E-state index is 0.668. The highest BCUT2D eigenvalue weighted by Crippen LogP contribution is 2.22. The predicted molar refractivity (Wildman–Crippen MR) is 53.2 cm³/mol. The van der Waals surface area contributed by atoms with Gasteiger partial charge in [0.25, 0.3) is 0 Å². The average molecular weight is 225 g/mol. The van der Waals surface area contributed by atoms with E-state index in [-0.39, 0.29) is 0 Å². The highest BCUT2D eigenvalue weighted by molar-refractivity contribution is 9.10. The summed E-state index contributed by atoms with van der Waals surface area (Å²) in [5, 5.41) is 0. The molecule has 0 spiro atoms. The molecule has 1 nitrogen and oxygen atoms in total. The zero-order valence-electron chi connectivity index (χ0n) is 6.80. The second-order valence-corrected chi connectivity index (χ2v) is 3.07. The highest BCUT2D eigenvalue weighted by atomic mass is 79.9. The van der Waals surface area contributed by atoms with Gasteiger partial charge in [-0.2, -0.15) is 0 Å². The van der Waals surface area contributed by atoms with Gasteiger partial charge in [-0.15, -0.1) is 6.42 Å². The quantitative estimate of drug-likeness (QED) is 0.703. The van der Waals surface area contributed by atoms with E-state index >= 15 is 0 Å². The smallest absolute Gasteiger partial charge is 0.120 e. The van der Waals surface area contributed by atoms with Crippen molar-refractivity contribution in [2.75, 3.05) is 6.61 Å². The van der Waals surface area contributed by atoms with Crippen LogP contribution in [0.4, 0.5) is 0 Å². The summed E-state index contributed by atoms with van der Waals surface area (Å²) in [6.45, 7) is 2.62. The maximum atomic E-state index is 5.29. The van der Waals surface area contributed by atoms with E-state index in [1.165, 1.54) is 0 Å². The van der Waals surface area contributed by atoms with E-state index in [1.807, 2.05) is 25.1 Å². The van der Waals surface area contributed by atoms with Gasteiger partial charge in [-0.1, -0.05) is 5.92 Å². The van der Waals surface area contributed by atoms with Gasteiger partial charge in [0.05, 0.1) is 6.61 Å². The first-order valence-electron chi connectivity index (χ1n) is 3.67. The molecule has 0 amide bonds. The summed E-state index contributed by atoms with van der Waals surface area (Å²) in [4.78, 5) is 0. The van der Waals surface area contributed by atoms with E-state index in [2.05, 4.69) is 21.9 Å². The first-order chi connectivity index (χ1) is 5.77. The Bertz CT molecular complexity index is 312. The van der Waals surface area contributed by atoms with Gasteiger partial charge in [0, 0.05) is 10.0 Å². The van der Waals surface area contributed by atoms with Gasteiger partial charge < -0.3 is 4.74 Å². The molecular weight excluding hydrogens is 216 g/mol. The fourth-order valence-electron chi connectivity index (χ4n) is 0.869. The predicted octanol–water partition coefficient (Wildman–Crippen LogP) is 2.83. The van der Waals surface area contributed by atoms with Gasteiger partial charge in [-0.25, -0.2) is 0 Å². The summed E-state index contributed by atoms with van der Waals surface area (Å²) in [6, 6.07) is 5.59. The lowest BCUT2D eigenvalue weighted by Crippen LogP contribution is -1.91. The molecule has 1 aromatic carbocycles. The standard InChI is InChI=1S/C10H9BrO/c1-3-8-5-6-9(12-4-2)7-10(8)11/h1,5-7H,4H2,2H3. The number of benzene rings is 1. The number of terminal acetylenes is 1. The molecule has 0 aliphatic heterocycles. The normalized spacial score (nSPS) is 9.08. The van der Waals surface area contributed by atoms with Crippen LogP contribution in [0.5, 0.6) is 5.75 Å². The summed E-state index contributed by atoms with van der Waals surface area (Å²) < 4.78 is 6.19. The third kappa shape index (κ3) is 2.02. The zero-order chi connectivity index (χ0) is 8.97. The van der Waals surface area contributed by atoms with Crippen molar-refractivity contribution < 1.29 is 4.74 Å². The van der Waals surface area contributed by atoms with Crippen LogP contribution in [0.2, 0.25) is 0 Å². The van der Waals surface area contributed by atoms with Crippen molar-refractivity contribution in [1.82, 2.24) is 0 Å². The fourth-order valence-corrected chi connectivity index (χ4v) is 1.34. The molecule has 0 saturated heterocycles. The topological polar surface area (TPSA) is 9.23 Å². The molecule has 0 radical (unpaired) electrons. The van der Waals surface area contributed by atoms with Crippen molar-refractivity contribution >= 4 is 15.9 Å². The molecule has 0 aliphatic carbocycles. The lowest BCUT2D eigenvalue weighted by molar-refractivity contribution is 0.340. The summed E-state index contributed by atoms with van der Waals surface area (Å²) in [5.74, 6) is 3.40. The van der Waals surface area contributed by atoms with Gasteiger partial charge >= 0.3 is 0 Å². The molecule has 0 aromatic heterocycles. The van der Waals surface area contributed by atoms with Crippen LogP contribution < -0.4 is 4.74 Å². The van der Waals surface area contributed by atoms with Crippen LogP contribution in [0.25, 0.3) is 0 Å². The number of halogens is 1. The van der Waals surface area contributed by atoms with Crippen LogP contribution in [-0.4, -0.2) is 6.61 Å². The van der Waals surface area contributed by atoms with Crippen molar-refractivity contribution in [2.45, 2.75) is 6.92 Å². The van der Waals surface area contributed by atoms with Crippen molar-refractivity contribution in [2.24, 2.45) is 0 Å². The van der Waals surface area contributed by atoms with E-state index in [1.54, 1.807) is 0 Å². The Balaban J connectivity index is 2.96. The Morgan fingerprint density at radius 1 is 1.58 bits per heavy atom. The zero-order valence-corrected chi connectivity index (χ0v) is 8.39. The van der Waals surface area contributed by atoms with E-state index in [9.17, 15) is 0 Å². The molecule has 0 fully saturated rings. The lowest BCUT2D eigenvalue weighted by atomic mass is 10.2. The molecule has 0 unspecified atom stereocenters. The molecule has 2 heteroatoms. The van der Waals surface area contributed by atoms with E-state index in [0.717, 1.165) is 15.8 Å². The van der Waals surface area contributed by atoms with E-state index in [0.29, 0.717) is 6.61 Å². The van der Waals surface area contributed by atoms with Crippen LogP contribution in [0.1, 0.15) is 12.5 Å². The van der Waals surface area contributed by atoms with Gasteiger partial charge in [-0.05, 0) is 41.1 Å². The van der Waals surface area contributed by atoms with Crippen LogP contribution in [0.3, 0.4) is 0 Å². The van der Waals surface area contributed by atoms with Gasteiger partial charge in [-0.3, -0.25) is 0 Å². The average Bonchev–Trinajstić information content (AvgIpc) is 2.05. The van der Waals surface area contributed by atoms with E-state index < -0.39 is 0 Å². The SMILES string of the molecule is C#Cc1ccc(OCC)cc1Br. The summed E-state index contributed by atoms with van der Waals surface area (Å²) >= 11 is 3.35. The van der Waals surface area contributed by atoms with Gasteiger partial charge in [0.15, 0.2) is 0 Å². The minimum atomic E-state index is 0.668. The molecule has 1 aromatic rings. The maximum Gasteiger partial charge on any atom is 0.120 e. The molecule has 0 N–H and O–H groups in total. The number of hydrogen-bond acceptors (Lipinski definition) is 1. The van der Waals surface area contributed by atoms with Crippen LogP contribution in [0, 0.1) is 12.3 Å². The molecule has 1 rings (SSSR count). The Morgan fingerprint density at radius 2 is 2.33 bits per heavy atom. The molecule has 0 atom stereocenters. The molecule has 0 saturated carbocycles. The van der Waals surface area contributed by atoms with Crippen LogP contribution >= 0.6 is 15.9 Å². The van der Waals surface area contributed by atoms with E-state index in [4.69, 9.17) is 11.2 Å². The Kier molecular flexibility index (Phi) is 3.19. The Labute approximate surface area is 80.9 Å². The molecule has 62 valence electrons. The fraction of sp³-hybridized carbons (Fsp3) is 0.200. The molecule has 0 bridgehead atoms. The van der Waals surface area contributed by atoms with Crippen molar-refractivity contribution in [1.29, 1.82) is 0 Å². The highest BCUT2D eigenvalue weighted by Gasteiger charge is 1.98. The number of rotatable bonds is 2. The molecule has 12 heavy (non-hydrogen) atoms. The molecule has 0 aliphatic rings. The first kappa shape index (κ1) is 9.15. The maximum absolute atomic E-state index is 5.29.